The number of hydrogen-bond acceptors (Lipinski definition) is 12. The summed E-state index contributed by atoms with van der Waals surface area (Å²) in [7, 11) is 0. The molecular formula is C44H42Cl2F6N4O10. The van der Waals surface area contributed by atoms with Gasteiger partial charge in [0.1, 0.15) is 22.7 Å². The van der Waals surface area contributed by atoms with Crippen LogP contribution in [0.2, 0.25) is 10.0 Å². The number of esters is 2. The Hall–Kier alpha value is -6.54. The Kier molecular flexibility index (Phi) is 16.4. The van der Waals surface area contributed by atoms with Crippen molar-refractivity contribution < 1.29 is 74.7 Å². The van der Waals surface area contributed by atoms with Gasteiger partial charge >= 0.3 is 36.2 Å². The predicted molar refractivity (Wildman–Crippen MR) is 235 cm³/mol. The van der Waals surface area contributed by atoms with Crippen LogP contribution >= 0.6 is 23.2 Å². The van der Waals surface area contributed by atoms with Crippen molar-refractivity contribution in [1.82, 2.24) is 9.97 Å². The highest BCUT2D eigenvalue weighted by molar-refractivity contribution is 6.32. The lowest BCUT2D eigenvalue weighted by atomic mass is 10.1. The number of halogens is 8. The molecule has 0 fully saturated rings. The van der Waals surface area contributed by atoms with Gasteiger partial charge in [-0.15, -0.1) is 0 Å². The molecule has 6 rings (SSSR count). The third-order valence-corrected chi connectivity index (χ3v) is 8.65. The van der Waals surface area contributed by atoms with Gasteiger partial charge in [0.2, 0.25) is 0 Å². The number of aromatic nitrogens is 2. The van der Waals surface area contributed by atoms with Crippen molar-refractivity contribution in [3.8, 4) is 11.5 Å². The Morgan fingerprint density at radius 1 is 0.561 bits per heavy atom. The van der Waals surface area contributed by atoms with E-state index in [9.17, 15) is 35.9 Å². The van der Waals surface area contributed by atoms with Crippen LogP contribution in [0.15, 0.2) is 72.8 Å². The number of aliphatic carboxylic acids is 2. The molecule has 0 unspecified atom stereocenters. The average molecular weight is 972 g/mol. The number of anilines is 2. The molecule has 0 spiro atoms. The molecule has 14 nitrogen and oxygen atoms in total. The van der Waals surface area contributed by atoms with Gasteiger partial charge in [-0.25, -0.2) is 29.1 Å². The lowest BCUT2D eigenvalue weighted by Crippen LogP contribution is -2.27. The van der Waals surface area contributed by atoms with Gasteiger partial charge in [-0.2, -0.15) is 26.3 Å². The molecule has 0 atom stereocenters. The van der Waals surface area contributed by atoms with E-state index in [-0.39, 0.29) is 19.4 Å². The van der Waals surface area contributed by atoms with Gasteiger partial charge in [0.15, 0.2) is 13.2 Å². The van der Waals surface area contributed by atoms with Gasteiger partial charge in [-0.1, -0.05) is 23.2 Å². The molecule has 6 aromatic rings. The minimum absolute atomic E-state index is 0.240. The fraction of sp³-hybridized carbons (Fsp3) is 0.318. The Labute approximate surface area is 382 Å². The molecule has 2 heterocycles. The number of rotatable bonds is 10. The van der Waals surface area contributed by atoms with E-state index in [0.29, 0.717) is 43.6 Å². The molecule has 0 aliphatic rings. The van der Waals surface area contributed by atoms with Gasteiger partial charge in [0, 0.05) is 31.6 Å². The van der Waals surface area contributed by atoms with Crippen LogP contribution in [0.4, 0.5) is 37.7 Å². The van der Waals surface area contributed by atoms with E-state index in [4.69, 9.17) is 71.9 Å². The smallest absolute Gasteiger partial charge is 0.482 e. The lowest BCUT2D eigenvalue weighted by Gasteiger charge is -2.23. The molecule has 4 aromatic carbocycles. The van der Waals surface area contributed by atoms with Crippen LogP contribution in [0.3, 0.4) is 0 Å². The minimum Gasteiger partial charge on any atom is -0.482 e. The van der Waals surface area contributed by atoms with E-state index in [1.165, 1.54) is 0 Å². The highest BCUT2D eigenvalue weighted by Crippen LogP contribution is 2.38. The van der Waals surface area contributed by atoms with Crippen LogP contribution in [0.5, 0.6) is 11.5 Å². The van der Waals surface area contributed by atoms with Gasteiger partial charge < -0.3 is 39.8 Å². The third kappa shape index (κ3) is 15.3. The van der Waals surface area contributed by atoms with Crippen molar-refractivity contribution in [1.29, 1.82) is 0 Å². The topological polar surface area (TPSA) is 196 Å². The van der Waals surface area contributed by atoms with E-state index in [0.717, 1.165) is 32.9 Å². The second-order valence-electron chi connectivity index (χ2n) is 16.0. The third-order valence-electron chi connectivity index (χ3n) is 8.17. The summed E-state index contributed by atoms with van der Waals surface area (Å²) in [4.78, 5) is 52.3. The Bertz CT molecular complexity index is 2590. The Morgan fingerprint density at radius 3 is 1.20 bits per heavy atom. The van der Waals surface area contributed by atoms with Crippen molar-refractivity contribution in [3.05, 3.63) is 82.8 Å². The van der Waals surface area contributed by atoms with Gasteiger partial charge in [0.05, 0.1) is 39.6 Å². The molecule has 0 saturated heterocycles. The van der Waals surface area contributed by atoms with Crippen LogP contribution < -0.4 is 20.1 Å². The number of carboxylic acid groups (broad SMARTS) is 2. The summed E-state index contributed by atoms with van der Waals surface area (Å²) in [6.07, 6.45) is -10.5. The Balaban J connectivity index is 0.000000590. The lowest BCUT2D eigenvalue weighted by molar-refractivity contribution is -0.193. The van der Waals surface area contributed by atoms with Gasteiger partial charge in [-0.3, -0.25) is 0 Å². The quantitative estimate of drug-likeness (QED) is 0.0438. The number of nitrogens with one attached hydrogen (secondary N) is 2. The van der Waals surface area contributed by atoms with Crippen molar-refractivity contribution in [2.45, 2.75) is 78.2 Å². The first-order valence-corrected chi connectivity index (χ1v) is 20.0. The summed E-state index contributed by atoms with van der Waals surface area (Å²) in [6.45, 7) is 12.4. The number of nitrogens with zero attached hydrogens (tertiary/aromatic N) is 2. The molecule has 2 aromatic heterocycles. The number of pyridine rings is 2. The van der Waals surface area contributed by atoms with Crippen molar-refractivity contribution in [2.75, 3.05) is 23.8 Å². The first-order chi connectivity index (χ1) is 30.4. The van der Waals surface area contributed by atoms with E-state index in [2.05, 4.69) is 10.6 Å². The largest absolute Gasteiger partial charge is 0.490 e. The zero-order valence-electron chi connectivity index (χ0n) is 36.0. The average Bonchev–Trinajstić information content (AvgIpc) is 3.17. The van der Waals surface area contributed by atoms with Gasteiger partial charge in [0.25, 0.3) is 0 Å². The summed E-state index contributed by atoms with van der Waals surface area (Å²) < 4.78 is 86.0. The molecule has 4 N–H and O–H groups in total. The number of fused-ring (bicyclic) bond motifs is 4. The zero-order valence-corrected chi connectivity index (χ0v) is 37.5. The summed E-state index contributed by atoms with van der Waals surface area (Å²) in [6, 6.07) is 22.0. The molecule has 0 aliphatic carbocycles. The summed E-state index contributed by atoms with van der Waals surface area (Å²) >= 11 is 12.8. The van der Waals surface area contributed by atoms with E-state index >= 15 is 0 Å². The second-order valence-corrected chi connectivity index (χ2v) is 16.9. The maximum Gasteiger partial charge on any atom is 0.490 e. The molecule has 66 heavy (non-hydrogen) atoms. The highest BCUT2D eigenvalue weighted by atomic mass is 35.5. The fourth-order valence-corrected chi connectivity index (χ4v) is 6.11. The molecule has 0 bridgehead atoms. The maximum atomic E-state index is 12.4. The number of hydrogen-bond donors (Lipinski definition) is 4. The molecule has 0 amide bonds. The van der Waals surface area contributed by atoms with Crippen molar-refractivity contribution in [2.24, 2.45) is 0 Å². The molecule has 0 radical (unpaired) electrons. The number of alkyl halides is 6. The van der Waals surface area contributed by atoms with Crippen LogP contribution in [-0.2, 0) is 28.7 Å². The SMILES string of the molecule is CC(Nc1c2ccc(Cl)cc2nc2ccc(OCC(=O)OC(C)(C)C)cc12)Nc1c2ccc(Cl)cc2nc2ccc(OCC(=O)OC(C)(C)C)cc12.O=C(O)C(F)(F)F.O=C(O)C(F)(F)F. The minimum atomic E-state index is -5.08. The van der Waals surface area contributed by atoms with Gasteiger partial charge in [-0.05, 0) is 121 Å². The first kappa shape index (κ1) is 52.1. The summed E-state index contributed by atoms with van der Waals surface area (Å²) in [5.41, 5.74) is 3.14. The summed E-state index contributed by atoms with van der Waals surface area (Å²) in [5, 5.41) is 25.9. The number of benzene rings is 4. The number of carbonyl (C=O) groups is 4. The summed E-state index contributed by atoms with van der Waals surface area (Å²) in [5.74, 6) is -5.48. The number of carboxylic acids is 2. The van der Waals surface area contributed by atoms with E-state index in [1.54, 1.807) is 12.1 Å². The van der Waals surface area contributed by atoms with E-state index < -0.39 is 47.4 Å². The van der Waals surface area contributed by atoms with Crippen LogP contribution in [0.25, 0.3) is 43.6 Å². The number of carbonyl (C=O) groups excluding carboxylic acids is 2. The van der Waals surface area contributed by atoms with Crippen molar-refractivity contribution >= 4 is 102 Å². The second kappa shape index (κ2) is 20.7. The first-order valence-electron chi connectivity index (χ1n) is 19.3. The zero-order chi connectivity index (χ0) is 49.5. The van der Waals surface area contributed by atoms with Crippen LogP contribution in [0.1, 0.15) is 48.5 Å². The Morgan fingerprint density at radius 2 is 0.894 bits per heavy atom. The normalized spacial score (nSPS) is 11.9. The number of ether oxygens (including phenoxy) is 4. The monoisotopic (exact) mass is 970 g/mol. The van der Waals surface area contributed by atoms with Crippen LogP contribution in [-0.4, -0.2) is 87.0 Å². The maximum absolute atomic E-state index is 12.4. The molecule has 0 aliphatic heterocycles. The fourth-order valence-electron chi connectivity index (χ4n) is 5.78. The van der Waals surface area contributed by atoms with Crippen LogP contribution in [0, 0.1) is 0 Å². The predicted octanol–water partition coefficient (Wildman–Crippen LogP) is 11.0. The highest BCUT2D eigenvalue weighted by Gasteiger charge is 2.39. The van der Waals surface area contributed by atoms with E-state index in [1.807, 2.05) is 109 Å². The molecular weight excluding hydrogens is 929 g/mol. The molecule has 0 saturated carbocycles. The molecule has 354 valence electrons. The van der Waals surface area contributed by atoms with Crippen molar-refractivity contribution in [3.63, 3.8) is 0 Å². The standard InChI is InChI=1S/C40H40Cl2N4O6.2C2HF3O2/c1-22(43-37-27-12-8-23(41)16-33(27)45-31-14-10-25(18-29(31)37)49-20-35(47)51-39(2,3)4)44-38-28-13-9-24(42)17-34(28)46-32-15-11-26(19-30(32)38)50-21-36(48)52-40(5,6)7;2*3-2(4,5)1(6)7/h8-19,22H,20-21H2,1-7H3,(H,43,45)(H,44,46);2*(H,6,7). The molecule has 22 heteroatoms.